The Morgan fingerprint density at radius 2 is 2.00 bits per heavy atom. The Morgan fingerprint density at radius 1 is 1.29 bits per heavy atom. The third-order valence-electron chi connectivity index (χ3n) is 6.47. The number of nitrogens with two attached hydrogens (primary N) is 1. The van der Waals surface area contributed by atoms with Crippen LogP contribution in [0.5, 0.6) is 0 Å². The number of aromatic nitrogens is 2. The first-order chi connectivity index (χ1) is 16.8. The van der Waals surface area contributed by atoms with Gasteiger partial charge < -0.3 is 20.4 Å². The molecule has 1 aliphatic heterocycles. The van der Waals surface area contributed by atoms with E-state index in [0.717, 1.165) is 18.5 Å². The summed E-state index contributed by atoms with van der Waals surface area (Å²) in [6.45, 7) is 3.03. The third-order valence-corrected chi connectivity index (χ3v) is 7.07. The number of benzene rings is 1. The van der Waals surface area contributed by atoms with Crippen molar-refractivity contribution in [1.29, 1.82) is 0 Å². The highest BCUT2D eigenvalue weighted by molar-refractivity contribution is 6.40. The van der Waals surface area contributed by atoms with Crippen molar-refractivity contribution in [3.05, 3.63) is 40.4 Å². The Kier molecular flexibility index (Phi) is 7.86. The lowest BCUT2D eigenvalue weighted by molar-refractivity contribution is -0.149. The van der Waals surface area contributed by atoms with E-state index in [0.29, 0.717) is 53.3 Å². The number of hydrogen-bond donors (Lipinski definition) is 2. The van der Waals surface area contributed by atoms with Gasteiger partial charge in [0.1, 0.15) is 0 Å². The average molecular weight is 521 g/mol. The normalized spacial score (nSPS) is 17.1. The quantitative estimate of drug-likeness (QED) is 0.384. The average Bonchev–Trinajstić information content (AvgIpc) is 3.44. The summed E-state index contributed by atoms with van der Waals surface area (Å²) in [4.78, 5) is 36.4. The molecule has 1 amide bonds. The van der Waals surface area contributed by atoms with Gasteiger partial charge in [-0.1, -0.05) is 30.1 Å². The van der Waals surface area contributed by atoms with E-state index in [1.165, 1.54) is 0 Å². The number of nitrogens with zero attached hydrogens (tertiary/aromatic N) is 4. The second kappa shape index (κ2) is 10.9. The number of anilines is 2. The topological polar surface area (TPSA) is 115 Å². The van der Waals surface area contributed by atoms with Gasteiger partial charge in [0.25, 0.3) is 0 Å². The van der Waals surface area contributed by atoms with Gasteiger partial charge in [-0.2, -0.15) is 0 Å². The molecule has 0 saturated heterocycles. The molecule has 1 fully saturated rings. The summed E-state index contributed by atoms with van der Waals surface area (Å²) < 4.78 is 7.56. The summed E-state index contributed by atoms with van der Waals surface area (Å²) in [5.74, 6) is -0.487. The van der Waals surface area contributed by atoms with Gasteiger partial charge in [-0.05, 0) is 37.8 Å². The summed E-state index contributed by atoms with van der Waals surface area (Å²) in [6.07, 6.45) is 6.38. The number of carbonyl (C=O) groups is 2. The van der Waals surface area contributed by atoms with Crippen molar-refractivity contribution in [2.45, 2.75) is 32.6 Å². The summed E-state index contributed by atoms with van der Waals surface area (Å²) in [5.41, 5.74) is 7.66. The molecule has 2 aromatic rings. The maximum atomic E-state index is 13.8. The zero-order valence-corrected chi connectivity index (χ0v) is 21.3. The number of guanidine groups is 1. The Balaban J connectivity index is 1.53. The fourth-order valence-electron chi connectivity index (χ4n) is 4.30. The number of imidazole rings is 1. The van der Waals surface area contributed by atoms with Gasteiger partial charge in [0, 0.05) is 43.0 Å². The number of nitrogens with one attached hydrogen (secondary N) is 1. The number of hydrogen-bond acceptors (Lipinski definition) is 7. The summed E-state index contributed by atoms with van der Waals surface area (Å²) in [5, 5.41) is 3.79. The number of halogens is 2. The number of ether oxygens (including phenoxy) is 1. The molecule has 11 heteroatoms. The van der Waals surface area contributed by atoms with Crippen LogP contribution in [0.3, 0.4) is 0 Å². The van der Waals surface area contributed by atoms with Crippen LogP contribution in [0.15, 0.2) is 29.6 Å². The minimum Gasteiger partial charge on any atom is -0.465 e. The molecule has 0 bridgehead atoms. The maximum absolute atomic E-state index is 13.8. The first-order valence-electron chi connectivity index (χ1n) is 11.8. The second-order valence-corrected chi connectivity index (χ2v) is 9.87. The second-order valence-electron chi connectivity index (χ2n) is 9.06. The standard InChI is InChI=1S/C24H30Cl2N6O3/c1-3-18(15(8-17-11-28-13-31(17)2)12-35-23(34)14-4-5-14)22(33)32-7-6-29-24(32)30-21-19(25)9-16(27)10-20(21)26/h9-11,13-15,18H,3-8,12,27H2,1-2H3,(H,29,30)/t15-,18-/m0/s1. The van der Waals surface area contributed by atoms with Crippen molar-refractivity contribution < 1.29 is 14.3 Å². The first-order valence-corrected chi connectivity index (χ1v) is 12.5. The van der Waals surface area contributed by atoms with Crippen molar-refractivity contribution in [1.82, 2.24) is 14.5 Å². The molecule has 1 aromatic carbocycles. The Hall–Kier alpha value is -2.78. The van der Waals surface area contributed by atoms with Crippen molar-refractivity contribution in [2.24, 2.45) is 29.8 Å². The van der Waals surface area contributed by atoms with E-state index in [1.54, 1.807) is 29.6 Å². The van der Waals surface area contributed by atoms with Crippen molar-refractivity contribution >= 4 is 52.4 Å². The van der Waals surface area contributed by atoms with Crippen LogP contribution >= 0.6 is 23.2 Å². The zero-order chi connectivity index (χ0) is 25.1. The smallest absolute Gasteiger partial charge is 0.308 e. The van der Waals surface area contributed by atoms with E-state index in [2.05, 4.69) is 15.3 Å². The molecular weight excluding hydrogens is 491 g/mol. The SMILES string of the molecule is CC[C@H](C(=O)N1CCN=C1Nc1c(Cl)cc(N)cc1Cl)[C@H](COC(=O)C1CC1)Cc1cncn1C. The van der Waals surface area contributed by atoms with Gasteiger partial charge in [0.05, 0.1) is 41.1 Å². The molecule has 35 heavy (non-hydrogen) atoms. The van der Waals surface area contributed by atoms with E-state index in [1.807, 2.05) is 18.5 Å². The molecule has 0 unspecified atom stereocenters. The zero-order valence-electron chi connectivity index (χ0n) is 19.8. The minimum absolute atomic E-state index is 0.000875. The van der Waals surface area contributed by atoms with Crippen LogP contribution in [0.1, 0.15) is 31.9 Å². The largest absolute Gasteiger partial charge is 0.465 e. The van der Waals surface area contributed by atoms with Crippen LogP contribution in [-0.2, 0) is 27.8 Å². The molecule has 0 radical (unpaired) electrons. The lowest BCUT2D eigenvalue weighted by atomic mass is 9.85. The lowest BCUT2D eigenvalue weighted by Crippen LogP contribution is -2.45. The summed E-state index contributed by atoms with van der Waals surface area (Å²) in [7, 11) is 1.91. The third kappa shape index (κ3) is 5.90. The molecule has 3 N–H and O–H groups in total. The van der Waals surface area contributed by atoms with E-state index >= 15 is 0 Å². The number of esters is 1. The number of nitrogen functional groups attached to an aromatic ring is 1. The Morgan fingerprint density at radius 3 is 2.60 bits per heavy atom. The van der Waals surface area contributed by atoms with Crippen LogP contribution in [0, 0.1) is 17.8 Å². The molecule has 1 aromatic heterocycles. The molecule has 2 aliphatic rings. The molecule has 2 heterocycles. The number of carbonyl (C=O) groups excluding carboxylic acids is 2. The molecule has 9 nitrogen and oxygen atoms in total. The number of aryl methyl sites for hydroxylation is 1. The highest BCUT2D eigenvalue weighted by atomic mass is 35.5. The van der Waals surface area contributed by atoms with Gasteiger partial charge >= 0.3 is 5.97 Å². The Labute approximate surface area is 214 Å². The molecule has 2 atom stereocenters. The molecule has 1 aliphatic carbocycles. The Bertz CT molecular complexity index is 1110. The molecule has 4 rings (SSSR count). The van der Waals surface area contributed by atoms with Crippen LogP contribution < -0.4 is 11.1 Å². The van der Waals surface area contributed by atoms with Crippen molar-refractivity contribution in [3.63, 3.8) is 0 Å². The van der Waals surface area contributed by atoms with Crippen LogP contribution in [0.4, 0.5) is 11.4 Å². The van der Waals surface area contributed by atoms with Gasteiger partial charge in [-0.25, -0.2) is 4.98 Å². The summed E-state index contributed by atoms with van der Waals surface area (Å²) in [6, 6.07) is 3.18. The van der Waals surface area contributed by atoms with E-state index < -0.39 is 0 Å². The molecule has 188 valence electrons. The van der Waals surface area contributed by atoms with Crippen molar-refractivity contribution in [3.8, 4) is 0 Å². The number of amides is 1. The highest BCUT2D eigenvalue weighted by Crippen LogP contribution is 2.34. The minimum atomic E-state index is -0.389. The van der Waals surface area contributed by atoms with Crippen LogP contribution in [0.2, 0.25) is 10.0 Å². The fraction of sp³-hybridized carbons (Fsp3) is 0.500. The van der Waals surface area contributed by atoms with Gasteiger partial charge in [0.15, 0.2) is 0 Å². The fourth-order valence-corrected chi connectivity index (χ4v) is 4.89. The molecule has 1 saturated carbocycles. The summed E-state index contributed by atoms with van der Waals surface area (Å²) >= 11 is 12.7. The van der Waals surface area contributed by atoms with E-state index in [4.69, 9.17) is 33.7 Å². The predicted octanol–water partition coefficient (Wildman–Crippen LogP) is 3.76. The van der Waals surface area contributed by atoms with Crippen molar-refractivity contribution in [2.75, 3.05) is 30.7 Å². The van der Waals surface area contributed by atoms with Crippen LogP contribution in [-0.4, -0.2) is 52.0 Å². The number of aliphatic imine (C=N–C) groups is 1. The molecular formula is C24H30Cl2N6O3. The van der Waals surface area contributed by atoms with E-state index in [9.17, 15) is 9.59 Å². The highest BCUT2D eigenvalue weighted by Gasteiger charge is 2.37. The van der Waals surface area contributed by atoms with E-state index in [-0.39, 0.29) is 36.2 Å². The van der Waals surface area contributed by atoms with Gasteiger partial charge in [-0.15, -0.1) is 0 Å². The monoisotopic (exact) mass is 520 g/mol. The number of rotatable bonds is 9. The van der Waals surface area contributed by atoms with Gasteiger partial charge in [0.2, 0.25) is 11.9 Å². The lowest BCUT2D eigenvalue weighted by Gasteiger charge is -2.30. The maximum Gasteiger partial charge on any atom is 0.308 e. The predicted molar refractivity (Wildman–Crippen MR) is 136 cm³/mol. The van der Waals surface area contributed by atoms with Crippen LogP contribution in [0.25, 0.3) is 0 Å². The first kappa shape index (κ1) is 25.3. The van der Waals surface area contributed by atoms with Gasteiger partial charge in [-0.3, -0.25) is 19.5 Å². The molecule has 0 spiro atoms.